The number of thiazole rings is 1. The van der Waals surface area contributed by atoms with Crippen LogP contribution in [0.3, 0.4) is 0 Å². The van der Waals surface area contributed by atoms with Crippen molar-refractivity contribution in [3.63, 3.8) is 0 Å². The topological polar surface area (TPSA) is 50.3 Å². The molecule has 1 aromatic heterocycles. The van der Waals surface area contributed by atoms with Crippen LogP contribution in [0.2, 0.25) is 5.02 Å². The lowest BCUT2D eigenvalue weighted by Gasteiger charge is -2.59. The molecule has 0 spiro atoms. The van der Waals surface area contributed by atoms with Crippen molar-refractivity contribution < 1.29 is 9.59 Å². The van der Waals surface area contributed by atoms with Gasteiger partial charge in [-0.05, 0) is 80.2 Å². The maximum absolute atomic E-state index is 12.7. The maximum Gasteiger partial charge on any atom is 0.230 e. The Morgan fingerprint density at radius 3 is 2.65 bits per heavy atom. The predicted molar refractivity (Wildman–Crippen MR) is 137 cm³/mol. The number of aromatic nitrogens is 1. The Balaban J connectivity index is 1.35. The molecule has 0 bridgehead atoms. The number of halogens is 1. The SMILES string of the molecule is CC(=O)N(c1nc2c(s1)C1CC[C@@H]3[C@H](CC[C@]4(C)C(=O)CC[C@@H]34)[C@@]1(C)CC2)c1ccccc1Cl. The number of Topliss-reactive ketones (excluding diaryl/α,β-unsaturated/α-hetero) is 1. The number of aryl methyl sites for hydroxylation is 1. The molecule has 1 heterocycles. The Morgan fingerprint density at radius 2 is 1.88 bits per heavy atom. The van der Waals surface area contributed by atoms with Crippen molar-refractivity contribution in [1.82, 2.24) is 4.98 Å². The summed E-state index contributed by atoms with van der Waals surface area (Å²) in [4.78, 5) is 33.5. The number of nitrogens with zero attached hydrogens (tertiary/aromatic N) is 2. The van der Waals surface area contributed by atoms with Gasteiger partial charge in [-0.25, -0.2) is 4.98 Å². The van der Waals surface area contributed by atoms with Gasteiger partial charge in [0.05, 0.1) is 16.4 Å². The molecule has 3 fully saturated rings. The lowest BCUT2D eigenvalue weighted by atomic mass is 9.46. The second-order valence-corrected chi connectivity index (χ2v) is 13.0. The van der Waals surface area contributed by atoms with Crippen LogP contribution in [0.15, 0.2) is 24.3 Å². The van der Waals surface area contributed by atoms with Crippen LogP contribution in [-0.2, 0) is 16.0 Å². The van der Waals surface area contributed by atoms with E-state index in [9.17, 15) is 9.59 Å². The highest BCUT2D eigenvalue weighted by atomic mass is 35.5. The average molecular weight is 497 g/mol. The van der Waals surface area contributed by atoms with Crippen molar-refractivity contribution in [3.05, 3.63) is 39.9 Å². The minimum atomic E-state index is -0.0706. The number of rotatable bonds is 2. The van der Waals surface area contributed by atoms with E-state index in [1.165, 1.54) is 29.8 Å². The lowest BCUT2D eigenvalue weighted by Crippen LogP contribution is -2.52. The van der Waals surface area contributed by atoms with Gasteiger partial charge in [0.15, 0.2) is 5.13 Å². The normalized spacial score (nSPS) is 36.3. The first-order chi connectivity index (χ1) is 16.2. The van der Waals surface area contributed by atoms with Crippen LogP contribution in [-0.4, -0.2) is 16.7 Å². The van der Waals surface area contributed by atoms with E-state index in [2.05, 4.69) is 13.8 Å². The van der Waals surface area contributed by atoms with Gasteiger partial charge in [-0.1, -0.05) is 37.6 Å². The van der Waals surface area contributed by atoms with E-state index >= 15 is 0 Å². The summed E-state index contributed by atoms with van der Waals surface area (Å²) in [7, 11) is 0. The molecule has 6 atom stereocenters. The molecule has 0 aliphatic heterocycles. The summed E-state index contributed by atoms with van der Waals surface area (Å²) in [6.07, 6.45) is 8.62. The second kappa shape index (κ2) is 7.89. The molecule has 2 aromatic rings. The zero-order valence-corrected chi connectivity index (χ0v) is 21.8. The number of amides is 1. The van der Waals surface area contributed by atoms with E-state index < -0.39 is 0 Å². The summed E-state index contributed by atoms with van der Waals surface area (Å²) < 4.78 is 0. The van der Waals surface area contributed by atoms with Crippen molar-refractivity contribution in [2.75, 3.05) is 4.90 Å². The summed E-state index contributed by atoms with van der Waals surface area (Å²) in [5, 5.41) is 1.31. The van der Waals surface area contributed by atoms with Crippen LogP contribution in [0.4, 0.5) is 10.8 Å². The van der Waals surface area contributed by atoms with Gasteiger partial charge in [0.25, 0.3) is 0 Å². The van der Waals surface area contributed by atoms with Crippen LogP contribution < -0.4 is 4.90 Å². The van der Waals surface area contributed by atoms with Gasteiger partial charge >= 0.3 is 0 Å². The summed E-state index contributed by atoms with van der Waals surface area (Å²) in [6.45, 7) is 6.37. The molecular weight excluding hydrogens is 464 g/mol. The van der Waals surface area contributed by atoms with Crippen LogP contribution in [0.1, 0.15) is 82.2 Å². The molecule has 180 valence electrons. The zero-order valence-electron chi connectivity index (χ0n) is 20.3. The Kier molecular flexibility index (Phi) is 5.28. The molecule has 4 aliphatic carbocycles. The van der Waals surface area contributed by atoms with E-state index in [1.807, 2.05) is 24.3 Å². The average Bonchev–Trinajstić information content (AvgIpc) is 3.35. The third-order valence-corrected chi connectivity index (χ3v) is 11.6. The molecule has 6 rings (SSSR count). The predicted octanol–water partition coefficient (Wildman–Crippen LogP) is 7.32. The van der Waals surface area contributed by atoms with Gasteiger partial charge in [0.2, 0.25) is 5.91 Å². The molecule has 3 saturated carbocycles. The van der Waals surface area contributed by atoms with Crippen molar-refractivity contribution in [1.29, 1.82) is 0 Å². The number of carbonyl (C=O) groups excluding carboxylic acids is 2. The summed E-state index contributed by atoms with van der Waals surface area (Å²) >= 11 is 8.17. The smallest absolute Gasteiger partial charge is 0.230 e. The van der Waals surface area contributed by atoms with Crippen molar-refractivity contribution in [2.45, 2.75) is 78.1 Å². The lowest BCUT2D eigenvalue weighted by molar-refractivity contribution is -0.134. The van der Waals surface area contributed by atoms with Gasteiger partial charge in [0.1, 0.15) is 5.78 Å². The van der Waals surface area contributed by atoms with E-state index in [0.29, 0.717) is 40.2 Å². The third-order valence-electron chi connectivity index (χ3n) is 10.1. The van der Waals surface area contributed by atoms with Gasteiger partial charge in [0, 0.05) is 29.6 Å². The zero-order chi connectivity index (χ0) is 23.8. The molecule has 4 nitrogen and oxygen atoms in total. The minimum absolute atomic E-state index is 0.0665. The van der Waals surface area contributed by atoms with E-state index in [4.69, 9.17) is 16.6 Å². The summed E-state index contributed by atoms with van der Waals surface area (Å²) in [6, 6.07) is 7.51. The van der Waals surface area contributed by atoms with Gasteiger partial charge in [-0.15, -0.1) is 11.3 Å². The van der Waals surface area contributed by atoms with E-state index in [-0.39, 0.29) is 16.7 Å². The maximum atomic E-state index is 12.7. The number of hydrogen-bond donors (Lipinski definition) is 0. The van der Waals surface area contributed by atoms with E-state index in [1.54, 1.807) is 23.2 Å². The number of benzene rings is 1. The summed E-state index contributed by atoms with van der Waals surface area (Å²) in [5.74, 6) is 2.88. The van der Waals surface area contributed by atoms with Crippen molar-refractivity contribution in [3.8, 4) is 0 Å². The largest absolute Gasteiger partial charge is 0.299 e. The Hall–Kier alpha value is -1.72. The molecule has 0 saturated heterocycles. The van der Waals surface area contributed by atoms with Crippen LogP contribution in [0, 0.1) is 28.6 Å². The minimum Gasteiger partial charge on any atom is -0.299 e. The fourth-order valence-corrected chi connectivity index (χ4v) is 10.0. The fourth-order valence-electron chi connectivity index (χ4n) is 8.34. The van der Waals surface area contributed by atoms with Crippen LogP contribution in [0.25, 0.3) is 0 Å². The number of ketones is 1. The molecule has 34 heavy (non-hydrogen) atoms. The molecule has 0 N–H and O–H groups in total. The molecule has 1 unspecified atom stereocenters. The van der Waals surface area contributed by atoms with Gasteiger partial charge in [-0.2, -0.15) is 0 Å². The van der Waals surface area contributed by atoms with E-state index in [0.717, 1.165) is 37.2 Å². The number of anilines is 2. The Morgan fingerprint density at radius 1 is 1.09 bits per heavy atom. The molecule has 1 aromatic carbocycles. The molecule has 1 amide bonds. The number of hydrogen-bond acceptors (Lipinski definition) is 4. The highest BCUT2D eigenvalue weighted by molar-refractivity contribution is 7.16. The quantitative estimate of drug-likeness (QED) is 0.437. The first-order valence-electron chi connectivity index (χ1n) is 12.8. The number of fused-ring (bicyclic) bond motifs is 7. The van der Waals surface area contributed by atoms with Gasteiger partial charge in [-0.3, -0.25) is 14.5 Å². The molecule has 0 radical (unpaired) electrons. The number of carbonyl (C=O) groups is 2. The summed E-state index contributed by atoms with van der Waals surface area (Å²) in [5.41, 5.74) is 2.05. The Labute approximate surface area is 211 Å². The van der Waals surface area contributed by atoms with Crippen LogP contribution >= 0.6 is 22.9 Å². The second-order valence-electron chi connectivity index (χ2n) is 11.5. The standard InChI is InChI=1S/C28H33ClN2O2S/c1-16(32)31(23-7-5-4-6-21(23)29)26-30-22-13-15-27(2)19-12-14-28(3)18(10-11-24(28)33)17(19)8-9-20(27)25(22)34-26/h4-7,17-20H,8-15H2,1-3H3/t17-,18-,19-,20?,27+,28-/m0/s1. The fraction of sp³-hybridized carbons (Fsp3) is 0.607. The molecule has 4 aliphatic rings. The Bertz CT molecular complexity index is 1180. The van der Waals surface area contributed by atoms with Crippen molar-refractivity contribution in [2.24, 2.45) is 28.6 Å². The molecule has 6 heteroatoms. The first kappa shape index (κ1) is 22.7. The molecular formula is C28H33ClN2O2S. The first-order valence-corrected chi connectivity index (χ1v) is 14.0. The van der Waals surface area contributed by atoms with Crippen LogP contribution in [0.5, 0.6) is 0 Å². The highest BCUT2D eigenvalue weighted by Gasteiger charge is 2.60. The highest BCUT2D eigenvalue weighted by Crippen LogP contribution is 2.67. The third kappa shape index (κ3) is 3.12. The van der Waals surface area contributed by atoms with Gasteiger partial charge < -0.3 is 0 Å². The number of para-hydroxylation sites is 1. The van der Waals surface area contributed by atoms with Crippen molar-refractivity contribution >= 4 is 45.4 Å². The monoisotopic (exact) mass is 496 g/mol.